The van der Waals surface area contributed by atoms with Crippen molar-refractivity contribution in [1.29, 1.82) is 0 Å². The third kappa shape index (κ3) is 1.39. The predicted octanol–water partition coefficient (Wildman–Crippen LogP) is 2.16. The van der Waals surface area contributed by atoms with Crippen LogP contribution in [0.3, 0.4) is 0 Å². The molecule has 1 aromatic carbocycles. The molecule has 2 rings (SSSR count). The van der Waals surface area contributed by atoms with Gasteiger partial charge < -0.3 is 10.1 Å². The lowest BCUT2D eigenvalue weighted by atomic mass is 10.1. The molecule has 0 saturated heterocycles. The van der Waals surface area contributed by atoms with Gasteiger partial charge in [0.25, 0.3) is 0 Å². The second-order valence-corrected chi connectivity index (χ2v) is 3.43. The lowest BCUT2D eigenvalue weighted by molar-refractivity contribution is 0.0697. The van der Waals surface area contributed by atoms with Crippen molar-refractivity contribution in [2.45, 2.75) is 5.33 Å². The molecule has 0 aliphatic heterocycles. The molecule has 0 aliphatic carbocycles. The average Bonchev–Trinajstić information content (AvgIpc) is 2.63. The van der Waals surface area contributed by atoms with Crippen LogP contribution in [-0.2, 0) is 5.33 Å². The van der Waals surface area contributed by atoms with E-state index in [1.54, 1.807) is 18.5 Å². The number of halogens is 1. The molecule has 0 spiro atoms. The predicted molar refractivity (Wildman–Crippen MR) is 55.7 cm³/mol. The van der Waals surface area contributed by atoms with E-state index >= 15 is 0 Å². The Labute approximate surface area is 88.1 Å². The van der Waals surface area contributed by atoms with E-state index in [2.05, 4.69) is 25.9 Å². The fourth-order valence-electron chi connectivity index (χ4n) is 1.35. The fraction of sp³-hybridized carbons (Fsp3) is 0.111. The van der Waals surface area contributed by atoms with Crippen LogP contribution in [0.15, 0.2) is 18.5 Å². The van der Waals surface area contributed by atoms with Crippen LogP contribution in [0, 0.1) is 0 Å². The maximum Gasteiger partial charge on any atom is 0.335 e. The zero-order valence-corrected chi connectivity index (χ0v) is 8.71. The Morgan fingerprint density at radius 2 is 2.36 bits per heavy atom. The molecule has 0 bridgehead atoms. The van der Waals surface area contributed by atoms with Gasteiger partial charge in [0.1, 0.15) is 0 Å². The number of nitrogens with zero attached hydrogens (tertiary/aromatic N) is 1. The zero-order chi connectivity index (χ0) is 10.1. The Morgan fingerprint density at radius 3 is 3.00 bits per heavy atom. The molecule has 0 atom stereocenters. The van der Waals surface area contributed by atoms with E-state index in [0.717, 1.165) is 16.6 Å². The molecule has 5 heteroatoms. The fourth-order valence-corrected chi connectivity index (χ4v) is 1.78. The molecule has 14 heavy (non-hydrogen) atoms. The zero-order valence-electron chi connectivity index (χ0n) is 7.12. The minimum atomic E-state index is -0.927. The maximum absolute atomic E-state index is 10.8. The molecule has 2 N–H and O–H groups in total. The number of carbonyl (C=O) groups is 1. The second kappa shape index (κ2) is 3.42. The highest BCUT2D eigenvalue weighted by Gasteiger charge is 2.09. The van der Waals surface area contributed by atoms with E-state index in [4.69, 9.17) is 5.11 Å². The van der Waals surface area contributed by atoms with Gasteiger partial charge in [-0.15, -0.1) is 0 Å². The summed E-state index contributed by atoms with van der Waals surface area (Å²) in [6, 6.07) is 3.21. The van der Waals surface area contributed by atoms with Crippen LogP contribution < -0.4 is 0 Å². The van der Waals surface area contributed by atoms with Crippen molar-refractivity contribution in [3.63, 3.8) is 0 Å². The number of H-pyrrole nitrogens is 1. The van der Waals surface area contributed by atoms with Gasteiger partial charge in [-0.25, -0.2) is 9.78 Å². The number of aromatic nitrogens is 2. The van der Waals surface area contributed by atoms with Gasteiger partial charge in [0.2, 0.25) is 0 Å². The SMILES string of the molecule is O=C(O)c1cc(CBr)c2nc[nH]c2c1. The van der Waals surface area contributed by atoms with Gasteiger partial charge in [0, 0.05) is 5.33 Å². The number of imidazole rings is 1. The normalized spacial score (nSPS) is 10.6. The minimum Gasteiger partial charge on any atom is -0.478 e. The molecule has 0 unspecified atom stereocenters. The van der Waals surface area contributed by atoms with Crippen molar-refractivity contribution in [2.75, 3.05) is 0 Å². The number of nitrogens with one attached hydrogen (secondary N) is 1. The number of carboxylic acid groups (broad SMARTS) is 1. The second-order valence-electron chi connectivity index (χ2n) is 2.87. The monoisotopic (exact) mass is 254 g/mol. The number of hydrogen-bond acceptors (Lipinski definition) is 2. The number of alkyl halides is 1. The molecule has 0 fully saturated rings. The van der Waals surface area contributed by atoms with E-state index in [1.807, 2.05) is 0 Å². The first-order valence-corrected chi connectivity index (χ1v) is 5.10. The van der Waals surface area contributed by atoms with Crippen LogP contribution in [0.4, 0.5) is 0 Å². The molecular weight excluding hydrogens is 248 g/mol. The minimum absolute atomic E-state index is 0.274. The van der Waals surface area contributed by atoms with Crippen molar-refractivity contribution in [3.8, 4) is 0 Å². The van der Waals surface area contributed by atoms with Crippen molar-refractivity contribution in [2.24, 2.45) is 0 Å². The third-order valence-electron chi connectivity index (χ3n) is 1.99. The summed E-state index contributed by atoms with van der Waals surface area (Å²) in [5, 5.41) is 9.44. The van der Waals surface area contributed by atoms with Crippen LogP contribution in [-0.4, -0.2) is 21.0 Å². The molecule has 0 amide bonds. The Balaban J connectivity index is 2.73. The first-order valence-electron chi connectivity index (χ1n) is 3.97. The smallest absolute Gasteiger partial charge is 0.335 e. The number of aromatic carboxylic acids is 1. The van der Waals surface area contributed by atoms with Crippen molar-refractivity contribution < 1.29 is 9.90 Å². The van der Waals surface area contributed by atoms with Crippen molar-refractivity contribution in [3.05, 3.63) is 29.6 Å². The standard InChI is InChI=1S/C9H7BrN2O2/c10-3-6-1-5(9(13)14)2-7-8(6)12-4-11-7/h1-2,4H,3H2,(H,11,12)(H,13,14). The summed E-state index contributed by atoms with van der Waals surface area (Å²) >= 11 is 3.30. The largest absolute Gasteiger partial charge is 0.478 e. The molecule has 1 heterocycles. The highest BCUT2D eigenvalue weighted by Crippen LogP contribution is 2.20. The third-order valence-corrected chi connectivity index (χ3v) is 2.60. The summed E-state index contributed by atoms with van der Waals surface area (Å²) < 4.78 is 0. The first kappa shape index (κ1) is 9.21. The van der Waals surface area contributed by atoms with Crippen LogP contribution in [0.25, 0.3) is 11.0 Å². The van der Waals surface area contributed by atoms with Gasteiger partial charge in [-0.3, -0.25) is 0 Å². The number of fused-ring (bicyclic) bond motifs is 1. The van der Waals surface area contributed by atoms with Gasteiger partial charge >= 0.3 is 5.97 Å². The summed E-state index contributed by atoms with van der Waals surface area (Å²) in [5.41, 5.74) is 2.71. The van der Waals surface area contributed by atoms with Crippen molar-refractivity contribution in [1.82, 2.24) is 9.97 Å². The van der Waals surface area contributed by atoms with E-state index in [9.17, 15) is 4.79 Å². The summed E-state index contributed by atoms with van der Waals surface area (Å²) in [4.78, 5) is 17.8. The molecule has 1 aromatic heterocycles. The van der Waals surface area contributed by atoms with Gasteiger partial charge in [-0.05, 0) is 17.7 Å². The highest BCUT2D eigenvalue weighted by molar-refractivity contribution is 9.08. The van der Waals surface area contributed by atoms with Gasteiger partial charge in [0.15, 0.2) is 0 Å². The summed E-state index contributed by atoms with van der Waals surface area (Å²) in [5.74, 6) is -0.927. The number of aromatic amines is 1. The maximum atomic E-state index is 10.8. The quantitative estimate of drug-likeness (QED) is 0.808. The Bertz CT molecular complexity index is 493. The summed E-state index contributed by atoms with van der Waals surface area (Å²) in [6.45, 7) is 0. The number of carboxylic acids is 1. The van der Waals surface area contributed by atoms with Gasteiger partial charge in [0.05, 0.1) is 22.9 Å². The number of benzene rings is 1. The molecule has 2 aromatic rings. The highest BCUT2D eigenvalue weighted by atomic mass is 79.9. The lowest BCUT2D eigenvalue weighted by Gasteiger charge is -2.00. The van der Waals surface area contributed by atoms with E-state index in [1.165, 1.54) is 0 Å². The molecule has 72 valence electrons. The van der Waals surface area contributed by atoms with Crippen LogP contribution >= 0.6 is 15.9 Å². The van der Waals surface area contributed by atoms with E-state index < -0.39 is 5.97 Å². The van der Waals surface area contributed by atoms with Crippen LogP contribution in [0.5, 0.6) is 0 Å². The van der Waals surface area contributed by atoms with Crippen LogP contribution in [0.2, 0.25) is 0 Å². The Morgan fingerprint density at radius 1 is 1.57 bits per heavy atom. The number of hydrogen-bond donors (Lipinski definition) is 2. The number of rotatable bonds is 2. The topological polar surface area (TPSA) is 66.0 Å². The van der Waals surface area contributed by atoms with Gasteiger partial charge in [-0.1, -0.05) is 15.9 Å². The molecular formula is C9H7BrN2O2. The Hall–Kier alpha value is -1.36. The molecule has 4 nitrogen and oxygen atoms in total. The Kier molecular flexibility index (Phi) is 2.25. The molecule has 0 radical (unpaired) electrons. The van der Waals surface area contributed by atoms with Crippen LogP contribution in [0.1, 0.15) is 15.9 Å². The average molecular weight is 255 g/mol. The lowest BCUT2D eigenvalue weighted by Crippen LogP contribution is -1.97. The van der Waals surface area contributed by atoms with Gasteiger partial charge in [-0.2, -0.15) is 0 Å². The molecule has 0 saturated carbocycles. The molecule has 0 aliphatic rings. The first-order chi connectivity index (χ1) is 6.72. The van der Waals surface area contributed by atoms with E-state index in [0.29, 0.717) is 5.33 Å². The van der Waals surface area contributed by atoms with Crippen molar-refractivity contribution >= 4 is 32.9 Å². The summed E-state index contributed by atoms with van der Waals surface area (Å²) in [7, 11) is 0. The summed E-state index contributed by atoms with van der Waals surface area (Å²) in [6.07, 6.45) is 1.56. The van der Waals surface area contributed by atoms with E-state index in [-0.39, 0.29) is 5.56 Å².